The molecule has 0 radical (unpaired) electrons. The SMILES string of the molecule is Cc1cc(O)c2c(c1)C=CC(C)(N)CC2. The van der Waals surface area contributed by atoms with E-state index >= 15 is 0 Å². The first-order valence-corrected chi connectivity index (χ1v) is 5.28. The van der Waals surface area contributed by atoms with E-state index in [2.05, 4.69) is 6.07 Å². The summed E-state index contributed by atoms with van der Waals surface area (Å²) in [4.78, 5) is 0. The molecule has 15 heavy (non-hydrogen) atoms. The number of fused-ring (bicyclic) bond motifs is 1. The Morgan fingerprint density at radius 1 is 1.40 bits per heavy atom. The molecule has 1 unspecified atom stereocenters. The molecule has 0 aliphatic heterocycles. The second kappa shape index (κ2) is 3.38. The first-order chi connectivity index (χ1) is 6.98. The third-order valence-corrected chi connectivity index (χ3v) is 2.96. The maximum absolute atomic E-state index is 9.86. The number of phenols is 1. The minimum absolute atomic E-state index is 0.265. The molecule has 1 aliphatic carbocycles. The van der Waals surface area contributed by atoms with Crippen molar-refractivity contribution in [2.24, 2.45) is 5.73 Å². The molecule has 0 bridgehead atoms. The number of aryl methyl sites for hydroxylation is 1. The lowest BCUT2D eigenvalue weighted by Gasteiger charge is -2.18. The van der Waals surface area contributed by atoms with Crippen LogP contribution in [0.25, 0.3) is 6.08 Å². The number of phenolic OH excluding ortho intramolecular Hbond substituents is 1. The summed E-state index contributed by atoms with van der Waals surface area (Å²) in [5, 5.41) is 9.86. The molecule has 0 spiro atoms. The summed E-state index contributed by atoms with van der Waals surface area (Å²) < 4.78 is 0. The minimum Gasteiger partial charge on any atom is -0.508 e. The van der Waals surface area contributed by atoms with Crippen molar-refractivity contribution in [2.45, 2.75) is 32.2 Å². The van der Waals surface area contributed by atoms with E-state index in [4.69, 9.17) is 5.73 Å². The largest absolute Gasteiger partial charge is 0.508 e. The summed E-state index contributed by atoms with van der Waals surface area (Å²) in [7, 11) is 0. The van der Waals surface area contributed by atoms with Crippen LogP contribution in [0, 0.1) is 6.92 Å². The third-order valence-electron chi connectivity index (χ3n) is 2.96. The molecule has 0 saturated carbocycles. The molecule has 80 valence electrons. The Bertz CT molecular complexity index is 419. The van der Waals surface area contributed by atoms with Gasteiger partial charge in [0.2, 0.25) is 0 Å². The first kappa shape index (κ1) is 10.2. The lowest BCUT2D eigenvalue weighted by molar-refractivity contribution is 0.461. The van der Waals surface area contributed by atoms with E-state index in [0.29, 0.717) is 5.75 Å². The maximum atomic E-state index is 9.86. The van der Waals surface area contributed by atoms with E-state index in [1.807, 2.05) is 32.1 Å². The van der Waals surface area contributed by atoms with Crippen molar-refractivity contribution in [1.82, 2.24) is 0 Å². The molecule has 2 heteroatoms. The highest BCUT2D eigenvalue weighted by atomic mass is 16.3. The molecule has 2 nitrogen and oxygen atoms in total. The Balaban J connectivity index is 2.50. The molecule has 1 atom stereocenters. The lowest BCUT2D eigenvalue weighted by atomic mass is 9.96. The third kappa shape index (κ3) is 2.05. The molecule has 0 saturated heterocycles. The fraction of sp³-hybridized carbons (Fsp3) is 0.385. The van der Waals surface area contributed by atoms with Crippen LogP contribution < -0.4 is 5.73 Å². The van der Waals surface area contributed by atoms with E-state index in [-0.39, 0.29) is 5.54 Å². The van der Waals surface area contributed by atoms with Gasteiger partial charge in [0.1, 0.15) is 5.75 Å². The van der Waals surface area contributed by atoms with Gasteiger partial charge >= 0.3 is 0 Å². The average molecular weight is 203 g/mol. The summed E-state index contributed by atoms with van der Waals surface area (Å²) in [6.45, 7) is 4.00. The van der Waals surface area contributed by atoms with Crippen LogP contribution in [0.5, 0.6) is 5.75 Å². The fourth-order valence-corrected chi connectivity index (χ4v) is 2.00. The molecule has 1 aromatic carbocycles. The zero-order chi connectivity index (χ0) is 11.1. The van der Waals surface area contributed by atoms with Gasteiger partial charge in [-0.25, -0.2) is 0 Å². The summed E-state index contributed by atoms with van der Waals surface area (Å²) in [5.74, 6) is 0.396. The van der Waals surface area contributed by atoms with Crippen LogP contribution in [0.2, 0.25) is 0 Å². The minimum atomic E-state index is -0.265. The van der Waals surface area contributed by atoms with Gasteiger partial charge in [-0.3, -0.25) is 0 Å². The smallest absolute Gasteiger partial charge is 0.119 e. The Morgan fingerprint density at radius 3 is 2.87 bits per heavy atom. The van der Waals surface area contributed by atoms with E-state index in [1.165, 1.54) is 0 Å². The molecule has 0 heterocycles. The van der Waals surface area contributed by atoms with Gasteiger partial charge in [-0.05, 0) is 43.9 Å². The number of benzene rings is 1. The lowest BCUT2D eigenvalue weighted by Crippen LogP contribution is -2.33. The topological polar surface area (TPSA) is 46.2 Å². The number of rotatable bonds is 0. The van der Waals surface area contributed by atoms with Crippen LogP contribution in [0.1, 0.15) is 30.0 Å². The molecule has 0 aromatic heterocycles. The van der Waals surface area contributed by atoms with Crippen LogP contribution in [-0.2, 0) is 6.42 Å². The number of nitrogens with two attached hydrogens (primary N) is 1. The van der Waals surface area contributed by atoms with Crippen molar-refractivity contribution in [1.29, 1.82) is 0 Å². The molecule has 1 aliphatic rings. The highest BCUT2D eigenvalue weighted by Gasteiger charge is 2.20. The average Bonchev–Trinajstić information content (AvgIpc) is 2.26. The van der Waals surface area contributed by atoms with E-state index in [9.17, 15) is 5.11 Å². The van der Waals surface area contributed by atoms with Crippen LogP contribution in [-0.4, -0.2) is 10.6 Å². The Kier molecular flexibility index (Phi) is 2.31. The fourth-order valence-electron chi connectivity index (χ4n) is 2.00. The van der Waals surface area contributed by atoms with E-state index in [0.717, 1.165) is 29.5 Å². The quantitative estimate of drug-likeness (QED) is 0.680. The van der Waals surface area contributed by atoms with Crippen LogP contribution in [0.15, 0.2) is 18.2 Å². The van der Waals surface area contributed by atoms with Gasteiger partial charge in [-0.2, -0.15) is 0 Å². The molecule has 0 amide bonds. The second-order valence-corrected chi connectivity index (χ2v) is 4.69. The predicted molar refractivity (Wildman–Crippen MR) is 62.8 cm³/mol. The molecule has 3 N–H and O–H groups in total. The standard InChI is InChI=1S/C13H17NO/c1-9-7-10-3-5-13(2,14)6-4-11(10)12(15)8-9/h3,5,7-8,15H,4,6,14H2,1-2H3. The van der Waals surface area contributed by atoms with Crippen LogP contribution >= 0.6 is 0 Å². The Hall–Kier alpha value is -1.28. The van der Waals surface area contributed by atoms with Gasteiger partial charge in [-0.15, -0.1) is 0 Å². The molecular weight excluding hydrogens is 186 g/mol. The second-order valence-electron chi connectivity index (χ2n) is 4.69. The monoisotopic (exact) mass is 203 g/mol. The number of hydrogen-bond acceptors (Lipinski definition) is 2. The summed E-state index contributed by atoms with van der Waals surface area (Å²) in [6.07, 6.45) is 5.75. The van der Waals surface area contributed by atoms with E-state index in [1.54, 1.807) is 0 Å². The highest BCUT2D eigenvalue weighted by Crippen LogP contribution is 2.30. The van der Waals surface area contributed by atoms with Crippen molar-refractivity contribution in [3.05, 3.63) is 34.9 Å². The zero-order valence-corrected chi connectivity index (χ0v) is 9.25. The van der Waals surface area contributed by atoms with Gasteiger partial charge in [-0.1, -0.05) is 18.2 Å². The van der Waals surface area contributed by atoms with Crippen molar-refractivity contribution in [3.63, 3.8) is 0 Å². The predicted octanol–water partition coefficient (Wildman–Crippen LogP) is 2.38. The first-order valence-electron chi connectivity index (χ1n) is 5.28. The van der Waals surface area contributed by atoms with Gasteiger partial charge in [0, 0.05) is 11.1 Å². The van der Waals surface area contributed by atoms with E-state index < -0.39 is 0 Å². The number of aromatic hydroxyl groups is 1. The van der Waals surface area contributed by atoms with Gasteiger partial charge in [0.25, 0.3) is 0 Å². The maximum Gasteiger partial charge on any atom is 0.119 e. The zero-order valence-electron chi connectivity index (χ0n) is 9.25. The van der Waals surface area contributed by atoms with Crippen molar-refractivity contribution in [3.8, 4) is 5.75 Å². The van der Waals surface area contributed by atoms with Crippen LogP contribution in [0.3, 0.4) is 0 Å². The van der Waals surface area contributed by atoms with Crippen molar-refractivity contribution >= 4 is 6.08 Å². The van der Waals surface area contributed by atoms with Gasteiger partial charge in [0.15, 0.2) is 0 Å². The summed E-state index contributed by atoms with van der Waals surface area (Å²) in [6, 6.07) is 3.90. The molecular formula is C13H17NO. The Labute approximate surface area is 90.4 Å². The van der Waals surface area contributed by atoms with Gasteiger partial charge < -0.3 is 10.8 Å². The number of hydrogen-bond donors (Lipinski definition) is 2. The highest BCUT2D eigenvalue weighted by molar-refractivity contribution is 5.61. The molecule has 2 rings (SSSR count). The van der Waals surface area contributed by atoms with Crippen molar-refractivity contribution in [2.75, 3.05) is 0 Å². The molecule has 1 aromatic rings. The van der Waals surface area contributed by atoms with Crippen molar-refractivity contribution < 1.29 is 5.11 Å². The normalized spacial score (nSPS) is 24.7. The summed E-state index contributed by atoms with van der Waals surface area (Å²) >= 11 is 0. The Morgan fingerprint density at radius 2 is 2.13 bits per heavy atom. The summed E-state index contributed by atoms with van der Waals surface area (Å²) in [5.41, 5.74) is 9.01. The molecule has 0 fully saturated rings. The van der Waals surface area contributed by atoms with Crippen LogP contribution in [0.4, 0.5) is 0 Å². The van der Waals surface area contributed by atoms with Gasteiger partial charge in [0.05, 0.1) is 0 Å².